The summed E-state index contributed by atoms with van der Waals surface area (Å²) in [6.07, 6.45) is 0.400. The number of carbonyl (C=O) groups is 1. The number of hydrogen-bond acceptors (Lipinski definition) is 4. The van der Waals surface area contributed by atoms with Crippen molar-refractivity contribution in [2.75, 3.05) is 33.3 Å². The Hall–Kier alpha value is -2.44. The molecule has 0 spiro atoms. The molecule has 0 saturated carbocycles. The number of ether oxygens (including phenoxy) is 1. The number of hydrogen-bond donors (Lipinski definition) is 1. The number of methoxy groups -OCH3 is 1. The van der Waals surface area contributed by atoms with Crippen molar-refractivity contribution in [3.8, 4) is 5.75 Å². The number of benzene rings is 2. The van der Waals surface area contributed by atoms with E-state index in [0.717, 1.165) is 49.6 Å². The van der Waals surface area contributed by atoms with Gasteiger partial charge in [-0.2, -0.15) is 0 Å². The van der Waals surface area contributed by atoms with Crippen molar-refractivity contribution >= 4 is 27.5 Å². The second-order valence-corrected chi connectivity index (χ2v) is 7.99. The molecule has 3 aromatic rings. The summed E-state index contributed by atoms with van der Waals surface area (Å²) in [6, 6.07) is 16.0. The topological polar surface area (TPSA) is 46.9 Å². The van der Waals surface area contributed by atoms with E-state index in [-0.39, 0.29) is 5.91 Å². The molecule has 1 saturated heterocycles. The Morgan fingerprint density at radius 2 is 1.89 bits per heavy atom. The lowest BCUT2D eigenvalue weighted by molar-refractivity contribution is -0.917. The fraction of sp³-hybridized carbons (Fsp3) is 0.333. The van der Waals surface area contributed by atoms with E-state index in [9.17, 15) is 4.79 Å². The van der Waals surface area contributed by atoms with E-state index in [1.165, 1.54) is 14.6 Å². The number of thiazole rings is 1. The quantitative estimate of drug-likeness (QED) is 0.732. The summed E-state index contributed by atoms with van der Waals surface area (Å²) in [5.41, 5.74) is 2.04. The third kappa shape index (κ3) is 4.12. The average Bonchev–Trinajstić information content (AvgIpc) is 3.11. The lowest BCUT2D eigenvalue weighted by Crippen LogP contribution is -3.13. The molecule has 0 bridgehead atoms. The molecule has 6 heteroatoms. The van der Waals surface area contributed by atoms with Crippen LogP contribution >= 0.6 is 11.3 Å². The van der Waals surface area contributed by atoms with Crippen molar-refractivity contribution in [2.24, 2.45) is 0 Å². The van der Waals surface area contributed by atoms with Gasteiger partial charge >= 0.3 is 0 Å². The Labute approximate surface area is 163 Å². The van der Waals surface area contributed by atoms with E-state index in [1.807, 2.05) is 35.2 Å². The summed E-state index contributed by atoms with van der Waals surface area (Å²) in [7, 11) is 1.65. The molecular formula is C21H24N3O2S+. The van der Waals surface area contributed by atoms with Gasteiger partial charge in [-0.05, 0) is 18.2 Å². The highest BCUT2D eigenvalue weighted by molar-refractivity contribution is 7.18. The van der Waals surface area contributed by atoms with Gasteiger partial charge in [-0.25, -0.2) is 4.98 Å². The molecule has 2 aromatic carbocycles. The SMILES string of the molecule is COc1ccccc1CC(=O)N1CC[NH+](Cc2nc3ccccc3s2)CC1. The van der Waals surface area contributed by atoms with Gasteiger partial charge in [0.15, 0.2) is 0 Å². The van der Waals surface area contributed by atoms with Gasteiger partial charge in [-0.1, -0.05) is 30.3 Å². The molecule has 5 nitrogen and oxygen atoms in total. The van der Waals surface area contributed by atoms with Crippen LogP contribution in [-0.4, -0.2) is 49.1 Å². The largest absolute Gasteiger partial charge is 0.496 e. The number of quaternary nitrogens is 1. The number of nitrogens with one attached hydrogen (secondary N) is 1. The highest BCUT2D eigenvalue weighted by Gasteiger charge is 2.25. The van der Waals surface area contributed by atoms with Crippen LogP contribution in [-0.2, 0) is 17.8 Å². The highest BCUT2D eigenvalue weighted by Crippen LogP contribution is 2.21. The average molecular weight is 383 g/mol. The summed E-state index contributed by atoms with van der Waals surface area (Å²) in [5, 5.41) is 1.18. The van der Waals surface area contributed by atoms with Crippen LogP contribution in [0, 0.1) is 0 Å². The second kappa shape index (κ2) is 8.06. The zero-order chi connectivity index (χ0) is 18.6. The van der Waals surface area contributed by atoms with Crippen molar-refractivity contribution in [1.82, 2.24) is 9.88 Å². The monoisotopic (exact) mass is 382 g/mol. The summed E-state index contributed by atoms with van der Waals surface area (Å²) in [6.45, 7) is 4.47. The fourth-order valence-electron chi connectivity index (χ4n) is 3.58. The summed E-state index contributed by atoms with van der Waals surface area (Å²) in [4.78, 5) is 20.9. The van der Waals surface area contributed by atoms with E-state index in [2.05, 4.69) is 18.2 Å². The van der Waals surface area contributed by atoms with Crippen LogP contribution in [0.15, 0.2) is 48.5 Å². The molecular weight excluding hydrogens is 358 g/mol. The van der Waals surface area contributed by atoms with Crippen molar-refractivity contribution in [2.45, 2.75) is 13.0 Å². The molecule has 1 amide bonds. The first kappa shape index (κ1) is 17.9. The summed E-state index contributed by atoms with van der Waals surface area (Å²) in [5.74, 6) is 0.962. The van der Waals surface area contributed by atoms with Crippen molar-refractivity contribution < 1.29 is 14.4 Å². The smallest absolute Gasteiger partial charge is 0.227 e. The number of para-hydroxylation sites is 2. The van der Waals surface area contributed by atoms with Gasteiger partial charge in [-0.3, -0.25) is 4.79 Å². The molecule has 1 aromatic heterocycles. The maximum atomic E-state index is 12.7. The zero-order valence-corrected chi connectivity index (χ0v) is 16.3. The standard InChI is InChI=1S/C21H23N3O2S/c1-26-18-8-4-2-6-16(18)14-21(25)24-12-10-23(11-13-24)15-20-22-17-7-3-5-9-19(17)27-20/h2-9H,10-15H2,1H3/p+1. The maximum Gasteiger partial charge on any atom is 0.227 e. The first-order valence-corrected chi connectivity index (χ1v) is 10.1. The predicted molar refractivity (Wildman–Crippen MR) is 107 cm³/mol. The summed E-state index contributed by atoms with van der Waals surface area (Å²) >= 11 is 1.78. The lowest BCUT2D eigenvalue weighted by Gasteiger charge is -2.32. The van der Waals surface area contributed by atoms with E-state index in [0.29, 0.717) is 6.42 Å². The Morgan fingerprint density at radius 1 is 1.15 bits per heavy atom. The first-order chi connectivity index (χ1) is 13.2. The third-order valence-corrected chi connectivity index (χ3v) is 6.13. The second-order valence-electron chi connectivity index (χ2n) is 6.87. The number of rotatable bonds is 5. The predicted octanol–water partition coefficient (Wildman–Crippen LogP) is 1.77. The third-order valence-electron chi connectivity index (χ3n) is 5.10. The molecule has 0 unspecified atom stereocenters. The molecule has 1 N–H and O–H groups in total. The molecule has 1 fully saturated rings. The zero-order valence-electron chi connectivity index (χ0n) is 15.5. The van der Waals surface area contributed by atoms with E-state index < -0.39 is 0 Å². The number of aromatic nitrogens is 1. The molecule has 140 valence electrons. The van der Waals surface area contributed by atoms with Crippen LogP contribution in [0.4, 0.5) is 0 Å². The van der Waals surface area contributed by atoms with Crippen LogP contribution in [0.1, 0.15) is 10.6 Å². The van der Waals surface area contributed by atoms with Gasteiger partial charge in [0.05, 0.1) is 49.9 Å². The molecule has 27 heavy (non-hydrogen) atoms. The minimum Gasteiger partial charge on any atom is -0.496 e. The van der Waals surface area contributed by atoms with Gasteiger partial charge in [0, 0.05) is 5.56 Å². The van der Waals surface area contributed by atoms with Crippen LogP contribution in [0.3, 0.4) is 0 Å². The normalized spacial score (nSPS) is 15.2. The Balaban J connectivity index is 1.32. The van der Waals surface area contributed by atoms with E-state index >= 15 is 0 Å². The van der Waals surface area contributed by atoms with Crippen molar-refractivity contribution in [3.05, 3.63) is 59.1 Å². The van der Waals surface area contributed by atoms with Gasteiger partial charge in [0.25, 0.3) is 0 Å². The molecule has 0 atom stereocenters. The minimum atomic E-state index is 0.179. The number of nitrogens with zero attached hydrogens (tertiary/aromatic N) is 2. The highest BCUT2D eigenvalue weighted by atomic mass is 32.1. The Morgan fingerprint density at radius 3 is 2.67 bits per heavy atom. The number of fused-ring (bicyclic) bond motifs is 1. The Kier molecular flexibility index (Phi) is 5.36. The lowest BCUT2D eigenvalue weighted by atomic mass is 10.1. The van der Waals surface area contributed by atoms with E-state index in [4.69, 9.17) is 9.72 Å². The van der Waals surface area contributed by atoms with E-state index in [1.54, 1.807) is 18.4 Å². The summed E-state index contributed by atoms with van der Waals surface area (Å²) < 4.78 is 6.61. The van der Waals surface area contributed by atoms with Gasteiger partial charge < -0.3 is 14.5 Å². The van der Waals surface area contributed by atoms with Crippen molar-refractivity contribution in [1.29, 1.82) is 0 Å². The molecule has 1 aliphatic heterocycles. The molecule has 2 heterocycles. The van der Waals surface area contributed by atoms with Crippen LogP contribution in [0.5, 0.6) is 5.75 Å². The first-order valence-electron chi connectivity index (χ1n) is 9.30. The molecule has 4 rings (SSSR count). The Bertz CT molecular complexity index is 899. The van der Waals surface area contributed by atoms with Crippen LogP contribution in [0.25, 0.3) is 10.2 Å². The number of piperazine rings is 1. The number of carbonyl (C=O) groups excluding carboxylic acids is 1. The fourth-order valence-corrected chi connectivity index (χ4v) is 4.62. The molecule has 0 radical (unpaired) electrons. The maximum absolute atomic E-state index is 12.7. The van der Waals surface area contributed by atoms with Crippen molar-refractivity contribution in [3.63, 3.8) is 0 Å². The van der Waals surface area contributed by atoms with Crippen LogP contribution < -0.4 is 9.64 Å². The van der Waals surface area contributed by atoms with Crippen LogP contribution in [0.2, 0.25) is 0 Å². The number of amides is 1. The molecule has 0 aliphatic carbocycles. The minimum absolute atomic E-state index is 0.179. The molecule has 1 aliphatic rings. The van der Waals surface area contributed by atoms with Gasteiger partial charge in [0.1, 0.15) is 17.3 Å². The van der Waals surface area contributed by atoms with Gasteiger partial charge in [-0.15, -0.1) is 11.3 Å². The van der Waals surface area contributed by atoms with Gasteiger partial charge in [0.2, 0.25) is 5.91 Å².